The minimum atomic E-state index is 0.228. The molecular formula is C16H21N5O. The largest absolute Gasteiger partial charge is 0.380 e. The summed E-state index contributed by atoms with van der Waals surface area (Å²) in [6.45, 7) is 3.64. The average molecular weight is 299 g/mol. The molecule has 0 aromatic carbocycles. The van der Waals surface area contributed by atoms with Gasteiger partial charge in [-0.15, -0.1) is 0 Å². The molecule has 1 N–H and O–H groups in total. The monoisotopic (exact) mass is 299 g/mol. The zero-order chi connectivity index (χ0) is 15.4. The maximum Gasteiger partial charge on any atom is 0.132 e. The molecule has 0 saturated carbocycles. The first kappa shape index (κ1) is 14.7. The zero-order valence-electron chi connectivity index (χ0n) is 12.9. The van der Waals surface area contributed by atoms with E-state index in [2.05, 4.69) is 25.2 Å². The van der Waals surface area contributed by atoms with Crippen molar-refractivity contribution < 1.29 is 4.74 Å². The lowest BCUT2D eigenvalue weighted by Crippen LogP contribution is -2.35. The van der Waals surface area contributed by atoms with E-state index in [1.165, 1.54) is 0 Å². The molecule has 2 aromatic rings. The van der Waals surface area contributed by atoms with Crippen LogP contribution in [0, 0.1) is 6.92 Å². The summed E-state index contributed by atoms with van der Waals surface area (Å²) in [6, 6.07) is 8.21. The highest BCUT2D eigenvalue weighted by Gasteiger charge is 2.33. The van der Waals surface area contributed by atoms with Crippen LogP contribution in [0.2, 0.25) is 0 Å². The van der Waals surface area contributed by atoms with Gasteiger partial charge in [0.1, 0.15) is 18.0 Å². The van der Waals surface area contributed by atoms with Crippen molar-refractivity contribution in [1.29, 1.82) is 0 Å². The van der Waals surface area contributed by atoms with Gasteiger partial charge in [0.15, 0.2) is 0 Å². The van der Waals surface area contributed by atoms with Gasteiger partial charge in [-0.05, 0) is 25.5 Å². The predicted octanol–water partition coefficient (Wildman–Crippen LogP) is 1.89. The summed E-state index contributed by atoms with van der Waals surface area (Å²) in [4.78, 5) is 15.2. The Kier molecular flexibility index (Phi) is 4.48. The van der Waals surface area contributed by atoms with E-state index in [1.54, 1.807) is 19.6 Å². The minimum absolute atomic E-state index is 0.228. The number of aryl methyl sites for hydroxylation is 1. The standard InChI is InChI=1S/C16H21N5O/c1-12-7-16(20-11-19-12)21-10-14(22-2)8-13(21)9-18-15-5-3-4-6-17-15/h3-7,11,13-14H,8-10H2,1-2H3,(H,17,18)/t13-,14-/m0/s1. The van der Waals surface area contributed by atoms with Gasteiger partial charge in [-0.3, -0.25) is 0 Å². The molecule has 1 aliphatic rings. The fourth-order valence-electron chi connectivity index (χ4n) is 2.81. The Balaban J connectivity index is 1.72. The molecule has 0 unspecified atom stereocenters. The number of nitrogens with one attached hydrogen (secondary N) is 1. The second kappa shape index (κ2) is 6.70. The summed E-state index contributed by atoms with van der Waals surface area (Å²) in [7, 11) is 1.77. The first-order valence-corrected chi connectivity index (χ1v) is 7.49. The Morgan fingerprint density at radius 1 is 1.32 bits per heavy atom. The number of anilines is 2. The Bertz CT molecular complexity index is 606. The van der Waals surface area contributed by atoms with Crippen LogP contribution in [0.4, 0.5) is 11.6 Å². The van der Waals surface area contributed by atoms with Crippen molar-refractivity contribution in [2.24, 2.45) is 0 Å². The van der Waals surface area contributed by atoms with Gasteiger partial charge in [0, 0.05) is 38.2 Å². The molecule has 3 heterocycles. The van der Waals surface area contributed by atoms with E-state index < -0.39 is 0 Å². The Morgan fingerprint density at radius 2 is 2.23 bits per heavy atom. The van der Waals surface area contributed by atoms with E-state index >= 15 is 0 Å². The van der Waals surface area contributed by atoms with Gasteiger partial charge in [-0.25, -0.2) is 15.0 Å². The zero-order valence-corrected chi connectivity index (χ0v) is 12.9. The van der Waals surface area contributed by atoms with Gasteiger partial charge in [0.05, 0.1) is 12.1 Å². The van der Waals surface area contributed by atoms with E-state index in [0.29, 0.717) is 6.04 Å². The van der Waals surface area contributed by atoms with Crippen LogP contribution in [0.25, 0.3) is 0 Å². The summed E-state index contributed by atoms with van der Waals surface area (Å²) in [6.07, 6.45) is 4.61. The molecule has 1 aliphatic heterocycles. The van der Waals surface area contributed by atoms with Crippen LogP contribution < -0.4 is 10.2 Å². The fourth-order valence-corrected chi connectivity index (χ4v) is 2.81. The van der Waals surface area contributed by atoms with E-state index in [-0.39, 0.29) is 6.10 Å². The quantitative estimate of drug-likeness (QED) is 0.909. The number of nitrogens with zero attached hydrogens (tertiary/aromatic N) is 4. The van der Waals surface area contributed by atoms with Crippen LogP contribution in [0.3, 0.4) is 0 Å². The second-order valence-corrected chi connectivity index (χ2v) is 5.51. The van der Waals surface area contributed by atoms with Crippen LogP contribution in [-0.4, -0.2) is 47.3 Å². The Labute approximate surface area is 130 Å². The SMILES string of the molecule is CO[C@H]1C[C@@H](CNc2ccccn2)N(c2cc(C)ncn2)C1. The maximum atomic E-state index is 5.55. The molecule has 6 heteroatoms. The summed E-state index contributed by atoms with van der Waals surface area (Å²) >= 11 is 0. The van der Waals surface area contributed by atoms with Crippen molar-refractivity contribution in [3.63, 3.8) is 0 Å². The third-order valence-corrected chi connectivity index (χ3v) is 3.98. The molecular weight excluding hydrogens is 278 g/mol. The lowest BCUT2D eigenvalue weighted by Gasteiger charge is -2.25. The molecule has 6 nitrogen and oxygen atoms in total. The van der Waals surface area contributed by atoms with Crippen LogP contribution in [0.15, 0.2) is 36.8 Å². The molecule has 1 saturated heterocycles. The Hall–Kier alpha value is -2.21. The molecule has 0 spiro atoms. The summed E-state index contributed by atoms with van der Waals surface area (Å²) < 4.78 is 5.55. The molecule has 0 aliphatic carbocycles. The number of pyridine rings is 1. The molecule has 2 aromatic heterocycles. The third-order valence-electron chi connectivity index (χ3n) is 3.98. The van der Waals surface area contributed by atoms with Crippen LogP contribution in [-0.2, 0) is 4.74 Å². The predicted molar refractivity (Wildman–Crippen MR) is 86.0 cm³/mol. The molecule has 0 amide bonds. The van der Waals surface area contributed by atoms with E-state index in [9.17, 15) is 0 Å². The maximum absolute atomic E-state index is 5.55. The minimum Gasteiger partial charge on any atom is -0.380 e. The second-order valence-electron chi connectivity index (χ2n) is 5.51. The van der Waals surface area contributed by atoms with Gasteiger partial charge < -0.3 is 15.0 Å². The highest BCUT2D eigenvalue weighted by Crippen LogP contribution is 2.25. The number of aromatic nitrogens is 3. The fraction of sp³-hybridized carbons (Fsp3) is 0.438. The number of hydrogen-bond acceptors (Lipinski definition) is 6. The lowest BCUT2D eigenvalue weighted by atomic mass is 10.2. The normalized spacial score (nSPS) is 21.1. The van der Waals surface area contributed by atoms with E-state index in [1.807, 2.05) is 31.2 Å². The van der Waals surface area contributed by atoms with Gasteiger partial charge in [0.25, 0.3) is 0 Å². The molecule has 0 bridgehead atoms. The van der Waals surface area contributed by atoms with Gasteiger partial charge in [-0.1, -0.05) is 6.07 Å². The smallest absolute Gasteiger partial charge is 0.132 e. The molecule has 1 fully saturated rings. The third kappa shape index (κ3) is 3.33. The van der Waals surface area contributed by atoms with Crippen molar-refractivity contribution in [2.45, 2.75) is 25.5 Å². The van der Waals surface area contributed by atoms with E-state index in [4.69, 9.17) is 4.74 Å². The van der Waals surface area contributed by atoms with Crippen molar-refractivity contribution in [3.8, 4) is 0 Å². The number of hydrogen-bond donors (Lipinski definition) is 1. The number of ether oxygens (including phenoxy) is 1. The van der Waals surface area contributed by atoms with Crippen molar-refractivity contribution in [2.75, 3.05) is 30.4 Å². The average Bonchev–Trinajstić information content (AvgIpc) is 2.97. The number of methoxy groups -OCH3 is 1. The summed E-state index contributed by atoms with van der Waals surface area (Å²) in [5, 5.41) is 3.39. The lowest BCUT2D eigenvalue weighted by molar-refractivity contribution is 0.118. The van der Waals surface area contributed by atoms with Gasteiger partial charge in [0.2, 0.25) is 0 Å². The summed E-state index contributed by atoms with van der Waals surface area (Å²) in [5.41, 5.74) is 0.974. The van der Waals surface area contributed by atoms with Crippen molar-refractivity contribution in [1.82, 2.24) is 15.0 Å². The van der Waals surface area contributed by atoms with Gasteiger partial charge in [-0.2, -0.15) is 0 Å². The van der Waals surface area contributed by atoms with Crippen LogP contribution >= 0.6 is 0 Å². The highest BCUT2D eigenvalue weighted by atomic mass is 16.5. The molecule has 116 valence electrons. The van der Waals surface area contributed by atoms with Crippen LogP contribution in [0.1, 0.15) is 12.1 Å². The topological polar surface area (TPSA) is 63.2 Å². The molecule has 3 rings (SSSR count). The Morgan fingerprint density at radius 3 is 2.95 bits per heavy atom. The molecule has 0 radical (unpaired) electrons. The molecule has 22 heavy (non-hydrogen) atoms. The molecule has 2 atom stereocenters. The number of rotatable bonds is 5. The summed E-state index contributed by atoms with van der Waals surface area (Å²) in [5.74, 6) is 1.85. The first-order valence-electron chi connectivity index (χ1n) is 7.49. The van der Waals surface area contributed by atoms with Gasteiger partial charge >= 0.3 is 0 Å². The first-order chi connectivity index (χ1) is 10.8. The highest BCUT2D eigenvalue weighted by molar-refractivity contribution is 5.43. The van der Waals surface area contributed by atoms with Crippen molar-refractivity contribution in [3.05, 3.63) is 42.5 Å². The van der Waals surface area contributed by atoms with E-state index in [0.717, 1.165) is 36.8 Å². The van der Waals surface area contributed by atoms with Crippen LogP contribution in [0.5, 0.6) is 0 Å². The van der Waals surface area contributed by atoms with Crippen molar-refractivity contribution >= 4 is 11.6 Å².